The standard InChI is InChI=1S/C23H29ClN4O2/c1-2-25-23(27-15-18-4-3-5-19(24)14-18)26-13-12-17-6-10-21(11-7-17)30-16-22(29)28-20-8-9-20/h3-7,10-11,14,20H,2,8-9,12-13,15-16H2,1H3,(H,28,29)(H2,25,26,27). The number of hydrogen-bond donors (Lipinski definition) is 3. The molecule has 0 bridgehead atoms. The summed E-state index contributed by atoms with van der Waals surface area (Å²) in [5.74, 6) is 1.42. The summed E-state index contributed by atoms with van der Waals surface area (Å²) in [7, 11) is 0. The molecule has 0 saturated heterocycles. The van der Waals surface area contributed by atoms with Gasteiger partial charge < -0.3 is 20.7 Å². The Kier molecular flexibility index (Phi) is 8.39. The Labute approximate surface area is 183 Å². The lowest BCUT2D eigenvalue weighted by Crippen LogP contribution is -2.38. The fraction of sp³-hybridized carbons (Fsp3) is 0.391. The van der Waals surface area contributed by atoms with Crippen LogP contribution in [0.3, 0.4) is 0 Å². The first-order valence-corrected chi connectivity index (χ1v) is 10.8. The van der Waals surface area contributed by atoms with Gasteiger partial charge in [-0.1, -0.05) is 35.9 Å². The predicted octanol–water partition coefficient (Wildman–Crippen LogP) is 3.30. The predicted molar refractivity (Wildman–Crippen MR) is 121 cm³/mol. The van der Waals surface area contributed by atoms with Gasteiger partial charge in [-0.05, 0) is 61.6 Å². The summed E-state index contributed by atoms with van der Waals surface area (Å²) < 4.78 is 5.54. The molecule has 160 valence electrons. The monoisotopic (exact) mass is 428 g/mol. The van der Waals surface area contributed by atoms with Crippen molar-refractivity contribution in [1.82, 2.24) is 16.0 Å². The van der Waals surface area contributed by atoms with Crippen molar-refractivity contribution < 1.29 is 9.53 Å². The Bertz CT molecular complexity index is 851. The molecule has 0 radical (unpaired) electrons. The third-order valence-electron chi connectivity index (χ3n) is 4.59. The second kappa shape index (κ2) is 11.5. The van der Waals surface area contributed by atoms with Crippen LogP contribution in [0.5, 0.6) is 5.75 Å². The zero-order valence-corrected chi connectivity index (χ0v) is 18.0. The Morgan fingerprint density at radius 3 is 2.63 bits per heavy atom. The zero-order valence-electron chi connectivity index (χ0n) is 17.3. The second-order valence-corrected chi connectivity index (χ2v) is 7.71. The SMILES string of the molecule is CCNC(=NCc1cccc(Cl)c1)NCCc1ccc(OCC(=O)NC2CC2)cc1. The number of carbonyl (C=O) groups is 1. The molecule has 0 heterocycles. The maximum Gasteiger partial charge on any atom is 0.258 e. The quantitative estimate of drug-likeness (QED) is 0.401. The number of guanidine groups is 1. The molecule has 6 nitrogen and oxygen atoms in total. The van der Waals surface area contributed by atoms with Crippen LogP contribution in [-0.4, -0.2) is 37.6 Å². The summed E-state index contributed by atoms with van der Waals surface area (Å²) in [6.07, 6.45) is 3.01. The maximum absolute atomic E-state index is 11.7. The molecule has 1 fully saturated rings. The summed E-state index contributed by atoms with van der Waals surface area (Å²) in [5.41, 5.74) is 2.25. The third-order valence-corrected chi connectivity index (χ3v) is 4.83. The average Bonchev–Trinajstić information content (AvgIpc) is 3.55. The minimum Gasteiger partial charge on any atom is -0.484 e. The highest BCUT2D eigenvalue weighted by atomic mass is 35.5. The van der Waals surface area contributed by atoms with Crippen LogP contribution in [0.15, 0.2) is 53.5 Å². The van der Waals surface area contributed by atoms with E-state index < -0.39 is 0 Å². The minimum absolute atomic E-state index is 0.0567. The first-order valence-electron chi connectivity index (χ1n) is 10.4. The molecular weight excluding hydrogens is 400 g/mol. The molecule has 0 spiro atoms. The molecule has 0 aliphatic heterocycles. The highest BCUT2D eigenvalue weighted by Crippen LogP contribution is 2.18. The lowest BCUT2D eigenvalue weighted by molar-refractivity contribution is -0.123. The number of hydrogen-bond acceptors (Lipinski definition) is 3. The molecule has 1 aliphatic rings. The van der Waals surface area contributed by atoms with E-state index in [0.717, 1.165) is 48.9 Å². The number of nitrogens with one attached hydrogen (secondary N) is 3. The molecule has 3 N–H and O–H groups in total. The molecule has 30 heavy (non-hydrogen) atoms. The normalized spacial score (nSPS) is 13.6. The molecule has 1 aliphatic carbocycles. The Morgan fingerprint density at radius 2 is 1.93 bits per heavy atom. The number of ether oxygens (including phenoxy) is 1. The molecule has 0 aromatic heterocycles. The van der Waals surface area contributed by atoms with Crippen molar-refractivity contribution in [2.75, 3.05) is 19.7 Å². The van der Waals surface area contributed by atoms with Crippen molar-refractivity contribution >= 4 is 23.5 Å². The Morgan fingerprint density at radius 1 is 1.13 bits per heavy atom. The van der Waals surface area contributed by atoms with E-state index >= 15 is 0 Å². The van der Waals surface area contributed by atoms with Crippen LogP contribution in [-0.2, 0) is 17.8 Å². The lowest BCUT2D eigenvalue weighted by atomic mass is 10.1. The van der Waals surface area contributed by atoms with Crippen LogP contribution >= 0.6 is 11.6 Å². The summed E-state index contributed by atoms with van der Waals surface area (Å²) in [4.78, 5) is 16.3. The molecule has 3 rings (SSSR count). The van der Waals surface area contributed by atoms with E-state index in [0.29, 0.717) is 18.3 Å². The third kappa shape index (κ3) is 7.95. The van der Waals surface area contributed by atoms with E-state index in [-0.39, 0.29) is 12.5 Å². The van der Waals surface area contributed by atoms with Gasteiger partial charge in [0.05, 0.1) is 6.54 Å². The van der Waals surface area contributed by atoms with Gasteiger partial charge in [0.1, 0.15) is 5.75 Å². The number of rotatable bonds is 10. The first-order chi connectivity index (χ1) is 14.6. The number of benzene rings is 2. The molecule has 0 unspecified atom stereocenters. The van der Waals surface area contributed by atoms with Crippen LogP contribution in [0, 0.1) is 0 Å². The van der Waals surface area contributed by atoms with Gasteiger partial charge in [0.25, 0.3) is 5.91 Å². The largest absolute Gasteiger partial charge is 0.484 e. The molecular formula is C23H29ClN4O2. The van der Waals surface area contributed by atoms with Gasteiger partial charge in [0.2, 0.25) is 0 Å². The van der Waals surface area contributed by atoms with E-state index in [9.17, 15) is 4.79 Å². The highest BCUT2D eigenvalue weighted by molar-refractivity contribution is 6.30. The van der Waals surface area contributed by atoms with Gasteiger partial charge in [-0.25, -0.2) is 4.99 Å². The number of halogens is 1. The lowest BCUT2D eigenvalue weighted by Gasteiger charge is -2.12. The molecule has 1 amide bonds. The molecule has 2 aromatic carbocycles. The fourth-order valence-corrected chi connectivity index (χ4v) is 3.08. The van der Waals surface area contributed by atoms with Gasteiger partial charge in [0, 0.05) is 24.2 Å². The van der Waals surface area contributed by atoms with Crippen LogP contribution in [0.1, 0.15) is 30.9 Å². The smallest absolute Gasteiger partial charge is 0.258 e. The van der Waals surface area contributed by atoms with E-state index in [1.165, 1.54) is 5.56 Å². The van der Waals surface area contributed by atoms with Crippen LogP contribution in [0.4, 0.5) is 0 Å². The number of amides is 1. The van der Waals surface area contributed by atoms with E-state index in [1.807, 2.05) is 55.5 Å². The van der Waals surface area contributed by atoms with E-state index in [1.54, 1.807) is 0 Å². The van der Waals surface area contributed by atoms with Crippen LogP contribution < -0.4 is 20.7 Å². The average molecular weight is 429 g/mol. The first kappa shape index (κ1) is 22.0. The van der Waals surface area contributed by atoms with Gasteiger partial charge in [-0.15, -0.1) is 0 Å². The summed E-state index contributed by atoms with van der Waals surface area (Å²) in [5, 5.41) is 10.2. The van der Waals surface area contributed by atoms with Crippen molar-refractivity contribution in [3.05, 3.63) is 64.7 Å². The Hall–Kier alpha value is -2.73. The molecule has 7 heteroatoms. The maximum atomic E-state index is 11.7. The molecule has 0 atom stereocenters. The second-order valence-electron chi connectivity index (χ2n) is 7.28. The van der Waals surface area contributed by atoms with Crippen LogP contribution in [0.2, 0.25) is 5.02 Å². The topological polar surface area (TPSA) is 74.8 Å². The van der Waals surface area contributed by atoms with Crippen molar-refractivity contribution in [3.63, 3.8) is 0 Å². The number of nitrogens with zero attached hydrogens (tertiary/aromatic N) is 1. The van der Waals surface area contributed by atoms with Crippen molar-refractivity contribution in [2.45, 2.75) is 38.8 Å². The van der Waals surface area contributed by atoms with Gasteiger partial charge in [-0.2, -0.15) is 0 Å². The van der Waals surface area contributed by atoms with Gasteiger partial charge in [-0.3, -0.25) is 4.79 Å². The minimum atomic E-state index is -0.0567. The van der Waals surface area contributed by atoms with Crippen molar-refractivity contribution in [3.8, 4) is 5.75 Å². The summed E-state index contributed by atoms with van der Waals surface area (Å²) >= 11 is 6.03. The van der Waals surface area contributed by atoms with E-state index in [4.69, 9.17) is 16.3 Å². The number of aliphatic imine (C=N–C) groups is 1. The Balaban J connectivity index is 1.41. The van der Waals surface area contributed by atoms with Gasteiger partial charge >= 0.3 is 0 Å². The van der Waals surface area contributed by atoms with Crippen molar-refractivity contribution in [1.29, 1.82) is 0 Å². The summed E-state index contributed by atoms with van der Waals surface area (Å²) in [6, 6.07) is 15.9. The van der Waals surface area contributed by atoms with Crippen molar-refractivity contribution in [2.24, 2.45) is 4.99 Å². The van der Waals surface area contributed by atoms with Crippen LogP contribution in [0.25, 0.3) is 0 Å². The van der Waals surface area contributed by atoms with Gasteiger partial charge in [0.15, 0.2) is 12.6 Å². The summed E-state index contributed by atoms with van der Waals surface area (Å²) in [6.45, 7) is 4.22. The molecule has 2 aromatic rings. The fourth-order valence-electron chi connectivity index (χ4n) is 2.87. The number of carbonyl (C=O) groups excluding carboxylic acids is 1. The zero-order chi connectivity index (χ0) is 21.2. The molecule has 1 saturated carbocycles. The highest BCUT2D eigenvalue weighted by Gasteiger charge is 2.23. The van der Waals surface area contributed by atoms with E-state index in [2.05, 4.69) is 20.9 Å².